The van der Waals surface area contributed by atoms with Crippen LogP contribution in [0.25, 0.3) is 10.8 Å². The molecule has 0 N–H and O–H groups in total. The van der Waals surface area contributed by atoms with Crippen molar-refractivity contribution >= 4 is 17.1 Å². The molecule has 1 nitrogen and oxygen atoms in total. The van der Waals surface area contributed by atoms with Crippen LogP contribution in [0.5, 0.6) is 0 Å². The first-order valence-corrected chi connectivity index (χ1v) is 4.48. The van der Waals surface area contributed by atoms with Crippen LogP contribution in [0, 0.1) is 0 Å². The number of hydrogen-bond acceptors (Lipinski definition) is 1. The van der Waals surface area contributed by atoms with Gasteiger partial charge in [-0.25, -0.2) is 8.78 Å². The summed E-state index contributed by atoms with van der Waals surface area (Å²) in [5.74, 6) is 0. The van der Waals surface area contributed by atoms with E-state index in [2.05, 4.69) is 0 Å². The van der Waals surface area contributed by atoms with Crippen LogP contribution in [0.2, 0.25) is 0 Å². The average Bonchev–Trinajstić information content (AvgIpc) is 2.27. The number of carbonyl (C=O) groups is 1. The largest absolute Gasteiger partial charge is 0.298 e. The van der Waals surface area contributed by atoms with Gasteiger partial charge in [0, 0.05) is 11.1 Å². The molecule has 0 saturated heterocycles. The van der Waals surface area contributed by atoms with Crippen molar-refractivity contribution in [3.63, 3.8) is 0 Å². The molecule has 15 heavy (non-hydrogen) atoms. The number of benzene rings is 2. The second-order valence-electron chi connectivity index (χ2n) is 3.25. The number of halogens is 2. The number of carbonyl (C=O) groups excluding carboxylic acids is 1. The SMILES string of the molecule is O=Cc1cc(C(F)F)cc2ccccc12. The summed E-state index contributed by atoms with van der Waals surface area (Å²) < 4.78 is 25.0. The van der Waals surface area contributed by atoms with Crippen LogP contribution < -0.4 is 0 Å². The fraction of sp³-hybridized carbons (Fsp3) is 0.0833. The van der Waals surface area contributed by atoms with E-state index in [-0.39, 0.29) is 5.56 Å². The highest BCUT2D eigenvalue weighted by molar-refractivity contribution is 5.98. The Hall–Kier alpha value is -1.77. The third kappa shape index (κ3) is 1.73. The molecule has 0 radical (unpaired) electrons. The van der Waals surface area contributed by atoms with Crippen molar-refractivity contribution in [1.82, 2.24) is 0 Å². The zero-order valence-corrected chi connectivity index (χ0v) is 7.78. The van der Waals surface area contributed by atoms with Gasteiger partial charge < -0.3 is 0 Å². The first kappa shape index (κ1) is 9.77. The fourth-order valence-electron chi connectivity index (χ4n) is 1.59. The van der Waals surface area contributed by atoms with Crippen LogP contribution in [0.1, 0.15) is 22.3 Å². The van der Waals surface area contributed by atoms with Crippen molar-refractivity contribution in [3.05, 3.63) is 47.5 Å². The lowest BCUT2D eigenvalue weighted by Crippen LogP contribution is -1.90. The Bertz CT molecular complexity index is 506. The molecule has 0 aliphatic carbocycles. The van der Waals surface area contributed by atoms with Crippen LogP contribution >= 0.6 is 0 Å². The van der Waals surface area contributed by atoms with E-state index in [4.69, 9.17) is 0 Å². The molecule has 0 aliphatic rings. The molecule has 2 aromatic rings. The Kier molecular flexibility index (Phi) is 2.46. The van der Waals surface area contributed by atoms with Gasteiger partial charge in [-0.05, 0) is 22.9 Å². The molecule has 0 aromatic heterocycles. The summed E-state index contributed by atoms with van der Waals surface area (Å²) in [5, 5.41) is 1.37. The Morgan fingerprint density at radius 1 is 1.13 bits per heavy atom. The molecule has 0 unspecified atom stereocenters. The molecule has 0 saturated carbocycles. The van der Waals surface area contributed by atoms with Crippen molar-refractivity contribution in [1.29, 1.82) is 0 Å². The van der Waals surface area contributed by atoms with Crippen LogP contribution in [0.4, 0.5) is 8.78 Å². The van der Waals surface area contributed by atoms with Crippen LogP contribution in [-0.2, 0) is 0 Å². The Morgan fingerprint density at radius 2 is 1.87 bits per heavy atom. The predicted octanol–water partition coefficient (Wildman–Crippen LogP) is 3.59. The summed E-state index contributed by atoms with van der Waals surface area (Å²) in [6.45, 7) is 0. The topological polar surface area (TPSA) is 17.1 Å². The molecule has 0 heterocycles. The van der Waals surface area contributed by atoms with Crippen molar-refractivity contribution in [3.8, 4) is 0 Å². The highest BCUT2D eigenvalue weighted by Gasteiger charge is 2.10. The highest BCUT2D eigenvalue weighted by atomic mass is 19.3. The maximum absolute atomic E-state index is 12.5. The number of fused-ring (bicyclic) bond motifs is 1. The first-order chi connectivity index (χ1) is 7.22. The van der Waals surface area contributed by atoms with Gasteiger partial charge in [-0.2, -0.15) is 0 Å². The summed E-state index contributed by atoms with van der Waals surface area (Å²) in [7, 11) is 0. The standard InChI is InChI=1S/C12H8F2O/c13-12(14)9-5-8-3-1-2-4-11(8)10(6-9)7-15/h1-7,12H. The molecule has 2 rings (SSSR count). The second kappa shape index (κ2) is 3.77. The lowest BCUT2D eigenvalue weighted by atomic mass is 10.0. The lowest BCUT2D eigenvalue weighted by molar-refractivity contribution is 0.112. The van der Waals surface area contributed by atoms with Gasteiger partial charge in [-0.15, -0.1) is 0 Å². The molecule has 0 aliphatic heterocycles. The van der Waals surface area contributed by atoms with Crippen molar-refractivity contribution < 1.29 is 13.6 Å². The Morgan fingerprint density at radius 3 is 2.53 bits per heavy atom. The molecule has 0 atom stereocenters. The monoisotopic (exact) mass is 206 g/mol. The lowest BCUT2D eigenvalue weighted by Gasteiger charge is -2.05. The molecule has 3 heteroatoms. The summed E-state index contributed by atoms with van der Waals surface area (Å²) in [6, 6.07) is 9.64. The van der Waals surface area contributed by atoms with Crippen molar-refractivity contribution in [2.75, 3.05) is 0 Å². The average molecular weight is 206 g/mol. The van der Waals surface area contributed by atoms with Gasteiger partial charge >= 0.3 is 0 Å². The van der Waals surface area contributed by atoms with E-state index in [9.17, 15) is 13.6 Å². The van der Waals surface area contributed by atoms with Gasteiger partial charge in [0.15, 0.2) is 6.29 Å². The maximum Gasteiger partial charge on any atom is 0.263 e. The third-order valence-corrected chi connectivity index (χ3v) is 2.30. The zero-order valence-electron chi connectivity index (χ0n) is 7.78. The van der Waals surface area contributed by atoms with Gasteiger partial charge in [-0.3, -0.25) is 4.79 Å². The van der Waals surface area contributed by atoms with Crippen LogP contribution in [0.3, 0.4) is 0 Å². The smallest absolute Gasteiger partial charge is 0.263 e. The van der Waals surface area contributed by atoms with Gasteiger partial charge in [0.05, 0.1) is 0 Å². The summed E-state index contributed by atoms with van der Waals surface area (Å²) in [4.78, 5) is 10.8. The summed E-state index contributed by atoms with van der Waals surface area (Å²) in [6.07, 6.45) is -1.94. The summed E-state index contributed by atoms with van der Waals surface area (Å²) in [5.41, 5.74) is 0.194. The number of hydrogen-bond donors (Lipinski definition) is 0. The first-order valence-electron chi connectivity index (χ1n) is 4.48. The van der Waals surface area contributed by atoms with Crippen LogP contribution in [-0.4, -0.2) is 6.29 Å². The normalized spacial score (nSPS) is 10.9. The number of aldehydes is 1. The Labute approximate surface area is 85.3 Å². The van der Waals surface area contributed by atoms with E-state index in [1.165, 1.54) is 12.1 Å². The quantitative estimate of drug-likeness (QED) is 0.686. The minimum atomic E-state index is -2.55. The Balaban J connectivity index is 2.77. The third-order valence-electron chi connectivity index (χ3n) is 2.30. The maximum atomic E-state index is 12.5. The molecule has 0 spiro atoms. The number of alkyl halides is 2. The van der Waals surface area contributed by atoms with E-state index in [1.807, 2.05) is 0 Å². The van der Waals surface area contributed by atoms with E-state index in [0.29, 0.717) is 22.6 Å². The van der Waals surface area contributed by atoms with Gasteiger partial charge in [0.2, 0.25) is 0 Å². The van der Waals surface area contributed by atoms with Gasteiger partial charge in [-0.1, -0.05) is 24.3 Å². The molecule has 0 fully saturated rings. The molecule has 2 aromatic carbocycles. The van der Waals surface area contributed by atoms with E-state index >= 15 is 0 Å². The molecule has 0 bridgehead atoms. The summed E-state index contributed by atoms with van der Waals surface area (Å²) >= 11 is 0. The van der Waals surface area contributed by atoms with Crippen LogP contribution in [0.15, 0.2) is 36.4 Å². The molecule has 76 valence electrons. The highest BCUT2D eigenvalue weighted by Crippen LogP contribution is 2.26. The second-order valence-corrected chi connectivity index (χ2v) is 3.25. The minimum absolute atomic E-state index is 0.115. The van der Waals surface area contributed by atoms with Crippen molar-refractivity contribution in [2.24, 2.45) is 0 Å². The number of rotatable bonds is 2. The van der Waals surface area contributed by atoms with E-state index in [1.54, 1.807) is 24.3 Å². The molecular formula is C12H8F2O. The predicted molar refractivity (Wildman–Crippen MR) is 54.3 cm³/mol. The molecule has 0 amide bonds. The van der Waals surface area contributed by atoms with Gasteiger partial charge in [0.1, 0.15) is 0 Å². The van der Waals surface area contributed by atoms with Crippen molar-refractivity contribution in [2.45, 2.75) is 6.43 Å². The zero-order chi connectivity index (χ0) is 10.8. The van der Waals surface area contributed by atoms with E-state index < -0.39 is 6.43 Å². The van der Waals surface area contributed by atoms with Gasteiger partial charge in [0.25, 0.3) is 6.43 Å². The molecular weight excluding hydrogens is 198 g/mol. The minimum Gasteiger partial charge on any atom is -0.298 e. The van der Waals surface area contributed by atoms with E-state index in [0.717, 1.165) is 0 Å². The fourth-order valence-corrected chi connectivity index (χ4v) is 1.59.